The SMILES string of the molecule is CC(CNC(=O)NC1CCCc2occc21)N1CCN(c2ccccc2)CC1. The number of aryl methyl sites for hydroxylation is 1. The standard InChI is InChI=1S/C22H30N4O2/c1-17(25-11-13-26(14-12-25)18-6-3-2-4-7-18)16-23-22(27)24-20-8-5-9-21-19(20)10-15-28-21/h2-4,6-7,10,15,17,20H,5,8-9,11-14,16H2,1H3,(H2,23,24,27). The molecule has 2 atom stereocenters. The summed E-state index contributed by atoms with van der Waals surface area (Å²) in [4.78, 5) is 17.3. The molecule has 0 saturated carbocycles. The molecule has 4 rings (SSSR count). The zero-order chi connectivity index (χ0) is 19.3. The zero-order valence-electron chi connectivity index (χ0n) is 16.6. The van der Waals surface area contributed by atoms with E-state index in [1.807, 2.05) is 6.07 Å². The van der Waals surface area contributed by atoms with Crippen molar-refractivity contribution < 1.29 is 9.21 Å². The molecule has 2 aromatic rings. The van der Waals surface area contributed by atoms with Crippen LogP contribution in [0.2, 0.25) is 0 Å². The normalized spacial score (nSPS) is 21.0. The van der Waals surface area contributed by atoms with E-state index in [0.29, 0.717) is 12.6 Å². The molecule has 1 aromatic heterocycles. The molecular formula is C22H30N4O2. The van der Waals surface area contributed by atoms with Gasteiger partial charge in [0.05, 0.1) is 12.3 Å². The minimum atomic E-state index is -0.0891. The number of carbonyl (C=O) groups excluding carboxylic acids is 1. The number of nitrogens with one attached hydrogen (secondary N) is 2. The van der Waals surface area contributed by atoms with Crippen LogP contribution >= 0.6 is 0 Å². The highest BCUT2D eigenvalue weighted by Gasteiger charge is 2.25. The van der Waals surface area contributed by atoms with Gasteiger partial charge in [-0.25, -0.2) is 4.79 Å². The van der Waals surface area contributed by atoms with Gasteiger partial charge in [-0.1, -0.05) is 18.2 Å². The van der Waals surface area contributed by atoms with Crippen molar-refractivity contribution in [3.05, 3.63) is 54.0 Å². The number of para-hydroxylation sites is 1. The maximum Gasteiger partial charge on any atom is 0.315 e. The van der Waals surface area contributed by atoms with Crippen molar-refractivity contribution in [1.29, 1.82) is 0 Å². The van der Waals surface area contributed by atoms with E-state index in [0.717, 1.165) is 56.8 Å². The van der Waals surface area contributed by atoms with Gasteiger partial charge >= 0.3 is 6.03 Å². The number of nitrogens with zero attached hydrogens (tertiary/aromatic N) is 2. The third-order valence-electron chi connectivity index (χ3n) is 5.97. The molecule has 1 fully saturated rings. The van der Waals surface area contributed by atoms with Crippen molar-refractivity contribution in [2.75, 3.05) is 37.6 Å². The second-order valence-electron chi connectivity index (χ2n) is 7.81. The molecule has 0 radical (unpaired) electrons. The first kappa shape index (κ1) is 18.9. The molecule has 2 heterocycles. The number of rotatable bonds is 5. The highest BCUT2D eigenvalue weighted by atomic mass is 16.3. The van der Waals surface area contributed by atoms with Gasteiger partial charge in [0.1, 0.15) is 5.76 Å². The third kappa shape index (κ3) is 4.33. The van der Waals surface area contributed by atoms with Gasteiger partial charge in [-0.05, 0) is 38.0 Å². The fraction of sp³-hybridized carbons (Fsp3) is 0.500. The maximum atomic E-state index is 12.4. The summed E-state index contributed by atoms with van der Waals surface area (Å²) in [6, 6.07) is 12.8. The zero-order valence-corrected chi connectivity index (χ0v) is 16.6. The second-order valence-corrected chi connectivity index (χ2v) is 7.81. The minimum absolute atomic E-state index is 0.0622. The lowest BCUT2D eigenvalue weighted by molar-refractivity contribution is 0.189. The molecule has 150 valence electrons. The van der Waals surface area contributed by atoms with Gasteiger partial charge in [-0.15, -0.1) is 0 Å². The van der Waals surface area contributed by atoms with Crippen LogP contribution in [0, 0.1) is 0 Å². The van der Waals surface area contributed by atoms with Crippen molar-refractivity contribution in [2.45, 2.75) is 38.3 Å². The van der Waals surface area contributed by atoms with Gasteiger partial charge in [-0.3, -0.25) is 4.90 Å². The molecule has 2 N–H and O–H groups in total. The largest absolute Gasteiger partial charge is 0.469 e. The molecule has 28 heavy (non-hydrogen) atoms. The Morgan fingerprint density at radius 3 is 2.75 bits per heavy atom. The van der Waals surface area contributed by atoms with Gasteiger partial charge < -0.3 is 20.0 Å². The quantitative estimate of drug-likeness (QED) is 0.834. The average Bonchev–Trinajstić information content (AvgIpc) is 3.23. The predicted octanol–water partition coefficient (Wildman–Crippen LogP) is 3.17. The van der Waals surface area contributed by atoms with Crippen molar-refractivity contribution in [1.82, 2.24) is 15.5 Å². The fourth-order valence-corrected chi connectivity index (χ4v) is 4.27. The first-order valence-corrected chi connectivity index (χ1v) is 10.4. The predicted molar refractivity (Wildman–Crippen MR) is 111 cm³/mol. The molecule has 2 aliphatic rings. The summed E-state index contributed by atoms with van der Waals surface area (Å²) in [5, 5.41) is 6.17. The number of hydrogen-bond acceptors (Lipinski definition) is 4. The van der Waals surface area contributed by atoms with Crippen LogP contribution in [0.25, 0.3) is 0 Å². The summed E-state index contributed by atoms with van der Waals surface area (Å²) < 4.78 is 5.50. The lowest BCUT2D eigenvalue weighted by Crippen LogP contribution is -2.53. The first-order chi connectivity index (χ1) is 13.7. The smallest absolute Gasteiger partial charge is 0.315 e. The summed E-state index contributed by atoms with van der Waals surface area (Å²) >= 11 is 0. The number of amides is 2. The fourth-order valence-electron chi connectivity index (χ4n) is 4.27. The van der Waals surface area contributed by atoms with E-state index in [2.05, 4.69) is 57.7 Å². The number of anilines is 1. The molecular weight excluding hydrogens is 352 g/mol. The summed E-state index contributed by atoms with van der Waals surface area (Å²) in [6.45, 7) is 6.91. The molecule has 0 spiro atoms. The molecule has 6 heteroatoms. The lowest BCUT2D eigenvalue weighted by atomic mass is 9.93. The van der Waals surface area contributed by atoms with E-state index in [-0.39, 0.29) is 12.1 Å². The van der Waals surface area contributed by atoms with Crippen LogP contribution in [-0.2, 0) is 6.42 Å². The van der Waals surface area contributed by atoms with Gasteiger partial charge in [0.15, 0.2) is 0 Å². The monoisotopic (exact) mass is 382 g/mol. The Hall–Kier alpha value is -2.47. The van der Waals surface area contributed by atoms with Crippen LogP contribution in [0.15, 0.2) is 47.1 Å². The van der Waals surface area contributed by atoms with Gasteiger partial charge in [-0.2, -0.15) is 0 Å². The van der Waals surface area contributed by atoms with Crippen molar-refractivity contribution in [3.8, 4) is 0 Å². The Labute approximate surface area is 166 Å². The van der Waals surface area contributed by atoms with Crippen molar-refractivity contribution in [3.63, 3.8) is 0 Å². The molecule has 1 aliphatic heterocycles. The minimum Gasteiger partial charge on any atom is -0.469 e. The summed E-state index contributed by atoms with van der Waals surface area (Å²) in [5.41, 5.74) is 2.42. The number of piperazine rings is 1. The Balaban J connectivity index is 1.21. The summed E-state index contributed by atoms with van der Waals surface area (Å²) in [6.07, 6.45) is 4.71. The van der Waals surface area contributed by atoms with E-state index in [9.17, 15) is 4.79 Å². The van der Waals surface area contributed by atoms with Gasteiger partial charge in [0, 0.05) is 56.4 Å². The topological polar surface area (TPSA) is 60.8 Å². The maximum absolute atomic E-state index is 12.4. The number of hydrogen-bond donors (Lipinski definition) is 2. The van der Waals surface area contributed by atoms with E-state index in [1.54, 1.807) is 6.26 Å². The molecule has 2 unspecified atom stereocenters. The van der Waals surface area contributed by atoms with Crippen LogP contribution < -0.4 is 15.5 Å². The van der Waals surface area contributed by atoms with E-state index in [1.165, 1.54) is 5.69 Å². The Morgan fingerprint density at radius 2 is 1.96 bits per heavy atom. The molecule has 0 bridgehead atoms. The Bertz CT molecular complexity index is 768. The first-order valence-electron chi connectivity index (χ1n) is 10.4. The molecule has 1 aromatic carbocycles. The highest BCUT2D eigenvalue weighted by Crippen LogP contribution is 2.30. The van der Waals surface area contributed by atoms with Crippen LogP contribution in [0.1, 0.15) is 37.1 Å². The molecule has 6 nitrogen and oxygen atoms in total. The van der Waals surface area contributed by atoms with Crippen molar-refractivity contribution in [2.24, 2.45) is 0 Å². The number of furan rings is 1. The van der Waals surface area contributed by atoms with Crippen LogP contribution in [0.5, 0.6) is 0 Å². The Morgan fingerprint density at radius 1 is 1.18 bits per heavy atom. The Kier molecular flexibility index (Phi) is 5.86. The number of carbonyl (C=O) groups is 1. The van der Waals surface area contributed by atoms with Gasteiger partial charge in [0.2, 0.25) is 0 Å². The van der Waals surface area contributed by atoms with E-state index < -0.39 is 0 Å². The highest BCUT2D eigenvalue weighted by molar-refractivity contribution is 5.74. The molecule has 2 amide bonds. The van der Waals surface area contributed by atoms with Crippen molar-refractivity contribution >= 4 is 11.7 Å². The van der Waals surface area contributed by atoms with Crippen LogP contribution in [-0.4, -0.2) is 49.7 Å². The summed E-state index contributed by atoms with van der Waals surface area (Å²) in [5.74, 6) is 1.02. The van der Waals surface area contributed by atoms with E-state index >= 15 is 0 Å². The molecule has 1 aliphatic carbocycles. The number of fused-ring (bicyclic) bond motifs is 1. The molecule has 1 saturated heterocycles. The number of urea groups is 1. The summed E-state index contributed by atoms with van der Waals surface area (Å²) in [7, 11) is 0. The van der Waals surface area contributed by atoms with E-state index in [4.69, 9.17) is 4.42 Å². The third-order valence-corrected chi connectivity index (χ3v) is 5.97. The average molecular weight is 383 g/mol. The second kappa shape index (κ2) is 8.69. The lowest BCUT2D eigenvalue weighted by Gasteiger charge is -2.39. The van der Waals surface area contributed by atoms with Crippen LogP contribution in [0.3, 0.4) is 0 Å². The van der Waals surface area contributed by atoms with Gasteiger partial charge in [0.25, 0.3) is 0 Å². The number of benzene rings is 1. The van der Waals surface area contributed by atoms with Crippen LogP contribution in [0.4, 0.5) is 10.5 Å².